The molecule has 2 fully saturated rings. The van der Waals surface area contributed by atoms with Crippen LogP contribution in [0.3, 0.4) is 0 Å². The molecule has 0 bridgehead atoms. The number of amides is 1. The van der Waals surface area contributed by atoms with Crippen LogP contribution in [-0.4, -0.2) is 47.3 Å². The number of benzene rings is 2. The van der Waals surface area contributed by atoms with Gasteiger partial charge in [0.15, 0.2) is 0 Å². The molecule has 0 radical (unpaired) electrons. The monoisotopic (exact) mass is 502 g/mol. The standard InChI is InChI=1S/C24H27ClN4O4S/c1-16-10-18(14-28(16)23(30)33-15-17-6-4-3-5-7-17)29-22-12-19(11-21(25)20(22)13-26-29)34(31,32)27-24(2)8-9-24/h3-7,11-13,16,18,27H,8-10,14-15H2,1-2H3/t16-,18-/m1/s1. The summed E-state index contributed by atoms with van der Waals surface area (Å²) in [7, 11) is -3.72. The first-order valence-electron chi connectivity index (χ1n) is 11.3. The summed E-state index contributed by atoms with van der Waals surface area (Å²) in [4.78, 5) is 14.6. The van der Waals surface area contributed by atoms with Crippen LogP contribution < -0.4 is 4.72 Å². The Hall–Kier alpha value is -2.62. The third kappa shape index (κ3) is 4.52. The van der Waals surface area contributed by atoms with Crippen LogP contribution in [0.2, 0.25) is 5.02 Å². The first kappa shape index (κ1) is 23.1. The molecule has 2 aromatic carbocycles. The van der Waals surface area contributed by atoms with Crippen LogP contribution in [0.4, 0.5) is 4.79 Å². The van der Waals surface area contributed by atoms with Crippen LogP contribution in [0, 0.1) is 0 Å². The summed E-state index contributed by atoms with van der Waals surface area (Å²) in [6.07, 6.45) is 3.57. The molecular formula is C24H27ClN4O4S. The van der Waals surface area contributed by atoms with Crippen molar-refractivity contribution in [2.45, 2.75) is 62.2 Å². The van der Waals surface area contributed by atoms with Crippen molar-refractivity contribution < 1.29 is 17.9 Å². The van der Waals surface area contributed by atoms with Crippen molar-refractivity contribution in [1.82, 2.24) is 19.4 Å². The quantitative estimate of drug-likeness (QED) is 0.536. The number of aromatic nitrogens is 2. The minimum atomic E-state index is -3.72. The number of halogens is 1. The van der Waals surface area contributed by atoms with Gasteiger partial charge >= 0.3 is 6.09 Å². The lowest BCUT2D eigenvalue weighted by molar-refractivity contribution is 0.0935. The Morgan fingerprint density at radius 2 is 2.00 bits per heavy atom. The van der Waals surface area contributed by atoms with Crippen LogP contribution in [0.5, 0.6) is 0 Å². The minimum absolute atomic E-state index is 0.0496. The molecule has 1 aromatic heterocycles. The minimum Gasteiger partial charge on any atom is -0.445 e. The Bertz CT molecular complexity index is 1340. The van der Waals surface area contributed by atoms with Crippen molar-refractivity contribution in [2.75, 3.05) is 6.54 Å². The van der Waals surface area contributed by atoms with E-state index < -0.39 is 10.0 Å². The number of hydrogen-bond donors (Lipinski definition) is 1. The summed E-state index contributed by atoms with van der Waals surface area (Å²) in [6.45, 7) is 4.48. The lowest BCUT2D eigenvalue weighted by Crippen LogP contribution is -2.34. The van der Waals surface area contributed by atoms with Gasteiger partial charge in [-0.1, -0.05) is 41.9 Å². The van der Waals surface area contributed by atoms with Crippen molar-refractivity contribution in [2.24, 2.45) is 0 Å². The molecule has 2 aliphatic rings. The maximum atomic E-state index is 13.0. The van der Waals surface area contributed by atoms with E-state index in [4.69, 9.17) is 16.3 Å². The fourth-order valence-corrected chi connectivity index (χ4v) is 6.27. The van der Waals surface area contributed by atoms with Gasteiger partial charge in [0.25, 0.3) is 0 Å². The SMILES string of the molecule is C[C@@H]1C[C@@H](n2ncc3c(Cl)cc(S(=O)(=O)NC4(C)CC4)cc32)CN1C(=O)OCc1ccccc1. The van der Waals surface area contributed by atoms with E-state index >= 15 is 0 Å². The van der Waals surface area contributed by atoms with E-state index in [-0.39, 0.29) is 35.2 Å². The molecule has 0 spiro atoms. The first-order chi connectivity index (χ1) is 16.2. The Balaban J connectivity index is 1.36. The number of fused-ring (bicyclic) bond motifs is 1. The topological polar surface area (TPSA) is 93.5 Å². The Labute approximate surface area is 203 Å². The van der Waals surface area contributed by atoms with Gasteiger partial charge in [0.2, 0.25) is 10.0 Å². The summed E-state index contributed by atoms with van der Waals surface area (Å²) in [5.74, 6) is 0. The lowest BCUT2D eigenvalue weighted by Gasteiger charge is -2.20. The fourth-order valence-electron chi connectivity index (χ4n) is 4.43. The fraction of sp³-hybridized carbons (Fsp3) is 0.417. The zero-order valence-electron chi connectivity index (χ0n) is 19.1. The second kappa shape index (κ2) is 8.55. The number of ether oxygens (including phenoxy) is 1. The Morgan fingerprint density at radius 3 is 2.71 bits per heavy atom. The molecule has 0 unspecified atom stereocenters. The van der Waals surface area contributed by atoms with Crippen molar-refractivity contribution in [3.8, 4) is 0 Å². The smallest absolute Gasteiger partial charge is 0.410 e. The third-order valence-electron chi connectivity index (χ3n) is 6.67. The van der Waals surface area contributed by atoms with E-state index in [9.17, 15) is 13.2 Å². The molecule has 10 heteroatoms. The molecule has 180 valence electrons. The number of carbonyl (C=O) groups is 1. The molecule has 1 aliphatic heterocycles. The second-order valence-electron chi connectivity index (χ2n) is 9.52. The maximum absolute atomic E-state index is 13.0. The molecule has 8 nitrogen and oxygen atoms in total. The third-order valence-corrected chi connectivity index (χ3v) is 8.60. The highest BCUT2D eigenvalue weighted by Crippen LogP contribution is 2.37. The molecule has 1 aliphatic carbocycles. The summed E-state index contributed by atoms with van der Waals surface area (Å²) >= 11 is 6.45. The van der Waals surface area contributed by atoms with Crippen LogP contribution >= 0.6 is 11.6 Å². The van der Waals surface area contributed by atoms with Gasteiger partial charge in [0.05, 0.1) is 27.7 Å². The van der Waals surface area contributed by atoms with E-state index in [0.29, 0.717) is 28.9 Å². The van der Waals surface area contributed by atoms with Crippen molar-refractivity contribution >= 4 is 38.6 Å². The van der Waals surface area contributed by atoms with E-state index in [2.05, 4.69) is 9.82 Å². The Kier molecular flexibility index (Phi) is 5.82. The first-order valence-corrected chi connectivity index (χ1v) is 13.2. The summed E-state index contributed by atoms with van der Waals surface area (Å²) < 4.78 is 36.0. The average Bonchev–Trinajstić information content (AvgIpc) is 3.19. The van der Waals surface area contributed by atoms with Gasteiger partial charge in [-0.2, -0.15) is 5.10 Å². The maximum Gasteiger partial charge on any atom is 0.410 e. The summed E-state index contributed by atoms with van der Waals surface area (Å²) in [5.41, 5.74) is 1.17. The predicted octanol–water partition coefficient (Wildman–Crippen LogP) is 4.49. The summed E-state index contributed by atoms with van der Waals surface area (Å²) in [6, 6.07) is 12.4. The van der Waals surface area contributed by atoms with Gasteiger partial charge in [0.1, 0.15) is 6.61 Å². The number of carbonyl (C=O) groups excluding carboxylic acids is 1. The average molecular weight is 503 g/mol. The normalized spacial score (nSPS) is 21.7. The highest BCUT2D eigenvalue weighted by atomic mass is 35.5. The van der Waals surface area contributed by atoms with Gasteiger partial charge in [-0.15, -0.1) is 0 Å². The van der Waals surface area contributed by atoms with Gasteiger partial charge in [-0.3, -0.25) is 4.68 Å². The van der Waals surface area contributed by atoms with Gasteiger partial charge < -0.3 is 9.64 Å². The molecule has 1 saturated carbocycles. The molecule has 3 aromatic rings. The van der Waals surface area contributed by atoms with E-state index in [0.717, 1.165) is 18.4 Å². The van der Waals surface area contributed by atoms with Crippen LogP contribution in [0.1, 0.15) is 44.7 Å². The van der Waals surface area contributed by atoms with Gasteiger partial charge in [-0.25, -0.2) is 17.9 Å². The largest absolute Gasteiger partial charge is 0.445 e. The second-order valence-corrected chi connectivity index (χ2v) is 11.6. The van der Waals surface area contributed by atoms with E-state index in [1.165, 1.54) is 6.07 Å². The number of hydrogen-bond acceptors (Lipinski definition) is 5. The highest BCUT2D eigenvalue weighted by molar-refractivity contribution is 7.89. The number of likely N-dealkylation sites (tertiary alicyclic amines) is 1. The molecule has 34 heavy (non-hydrogen) atoms. The lowest BCUT2D eigenvalue weighted by atomic mass is 10.2. The highest BCUT2D eigenvalue weighted by Gasteiger charge is 2.41. The molecular weight excluding hydrogens is 476 g/mol. The number of sulfonamides is 1. The predicted molar refractivity (Wildman–Crippen MR) is 129 cm³/mol. The number of nitrogens with one attached hydrogen (secondary N) is 1. The molecule has 1 amide bonds. The zero-order chi connectivity index (χ0) is 24.1. The molecule has 2 atom stereocenters. The summed E-state index contributed by atoms with van der Waals surface area (Å²) in [5, 5.41) is 5.51. The molecule has 1 N–H and O–H groups in total. The zero-order valence-corrected chi connectivity index (χ0v) is 20.6. The van der Waals surface area contributed by atoms with Gasteiger partial charge in [-0.05, 0) is 50.8 Å². The van der Waals surface area contributed by atoms with Crippen LogP contribution in [0.25, 0.3) is 10.9 Å². The van der Waals surface area contributed by atoms with Crippen LogP contribution in [-0.2, 0) is 21.4 Å². The van der Waals surface area contributed by atoms with Crippen molar-refractivity contribution in [1.29, 1.82) is 0 Å². The number of rotatable bonds is 6. The van der Waals surface area contributed by atoms with Crippen LogP contribution in [0.15, 0.2) is 53.6 Å². The Morgan fingerprint density at radius 1 is 1.26 bits per heavy atom. The molecule has 1 saturated heterocycles. The van der Waals surface area contributed by atoms with E-state index in [1.807, 2.05) is 44.2 Å². The molecule has 2 heterocycles. The van der Waals surface area contributed by atoms with Gasteiger partial charge in [0, 0.05) is 23.5 Å². The van der Waals surface area contributed by atoms with Crippen molar-refractivity contribution in [3.63, 3.8) is 0 Å². The van der Waals surface area contributed by atoms with Crippen molar-refractivity contribution in [3.05, 3.63) is 59.2 Å². The van der Waals surface area contributed by atoms with E-state index in [1.54, 1.807) is 21.8 Å². The molecule has 5 rings (SSSR count). The number of nitrogens with zero attached hydrogens (tertiary/aromatic N) is 3.